The molecule has 0 aromatic carbocycles. The van der Waals surface area contributed by atoms with Gasteiger partial charge in [-0.15, -0.1) is 0 Å². The van der Waals surface area contributed by atoms with Gasteiger partial charge < -0.3 is 4.90 Å². The zero-order valence-corrected chi connectivity index (χ0v) is 7.70. The second-order valence-corrected chi connectivity index (χ2v) is 4.13. The Hall–Kier alpha value is -1.04. The smallest absolute Gasteiger partial charge is 0.224 e. The quantitative estimate of drug-likeness (QED) is 0.636. The summed E-state index contributed by atoms with van der Waals surface area (Å²) in [5.74, 6) is 0.854. The highest BCUT2D eigenvalue weighted by Crippen LogP contribution is 2.29. The largest absolute Gasteiger partial charge is 0.341 e. The van der Waals surface area contributed by atoms with Crippen LogP contribution >= 0.6 is 0 Å². The number of amides is 1. The van der Waals surface area contributed by atoms with E-state index in [4.69, 9.17) is 5.26 Å². The van der Waals surface area contributed by atoms with E-state index < -0.39 is 0 Å². The third-order valence-corrected chi connectivity index (χ3v) is 3.10. The van der Waals surface area contributed by atoms with Gasteiger partial charge in [0, 0.05) is 19.5 Å². The van der Waals surface area contributed by atoms with E-state index in [1.165, 1.54) is 19.3 Å². The van der Waals surface area contributed by atoms with Gasteiger partial charge in [0.05, 0.1) is 12.0 Å². The summed E-state index contributed by atoms with van der Waals surface area (Å²) in [6.45, 7) is 1.57. The van der Waals surface area contributed by atoms with E-state index in [-0.39, 0.29) is 11.8 Å². The maximum Gasteiger partial charge on any atom is 0.224 e. The van der Waals surface area contributed by atoms with Crippen LogP contribution in [0.1, 0.15) is 25.7 Å². The lowest BCUT2D eigenvalue weighted by atomic mass is 9.85. The number of hydrogen-bond donors (Lipinski definition) is 0. The van der Waals surface area contributed by atoms with Crippen LogP contribution in [0.25, 0.3) is 0 Å². The maximum absolute atomic E-state index is 11.4. The normalized spacial score (nSPS) is 28.7. The first-order chi connectivity index (χ1) is 6.29. The number of hydrogen-bond acceptors (Lipinski definition) is 2. The van der Waals surface area contributed by atoms with E-state index >= 15 is 0 Å². The van der Waals surface area contributed by atoms with E-state index in [2.05, 4.69) is 6.07 Å². The van der Waals surface area contributed by atoms with Crippen LogP contribution in [-0.4, -0.2) is 23.9 Å². The minimum absolute atomic E-state index is 0.0485. The molecule has 0 spiro atoms. The van der Waals surface area contributed by atoms with Gasteiger partial charge in [-0.25, -0.2) is 0 Å². The molecule has 13 heavy (non-hydrogen) atoms. The lowest BCUT2D eigenvalue weighted by molar-refractivity contribution is -0.128. The Morgan fingerprint density at radius 3 is 2.77 bits per heavy atom. The molecule has 1 atom stereocenters. The van der Waals surface area contributed by atoms with Crippen LogP contribution in [0.4, 0.5) is 0 Å². The molecule has 1 aliphatic carbocycles. The molecule has 1 aliphatic heterocycles. The number of nitrogens with zero attached hydrogens (tertiary/aromatic N) is 2. The Morgan fingerprint density at radius 2 is 2.31 bits per heavy atom. The zero-order valence-electron chi connectivity index (χ0n) is 7.70. The van der Waals surface area contributed by atoms with Gasteiger partial charge in [0.2, 0.25) is 5.91 Å². The van der Waals surface area contributed by atoms with Crippen LogP contribution in [0.3, 0.4) is 0 Å². The van der Waals surface area contributed by atoms with Crippen molar-refractivity contribution < 1.29 is 4.79 Å². The first-order valence-electron chi connectivity index (χ1n) is 4.97. The van der Waals surface area contributed by atoms with Crippen molar-refractivity contribution in [2.24, 2.45) is 11.8 Å². The Morgan fingerprint density at radius 1 is 1.54 bits per heavy atom. The summed E-state index contributed by atoms with van der Waals surface area (Å²) < 4.78 is 0. The maximum atomic E-state index is 11.4. The van der Waals surface area contributed by atoms with Gasteiger partial charge >= 0.3 is 0 Å². The lowest BCUT2D eigenvalue weighted by Crippen LogP contribution is -2.33. The second kappa shape index (κ2) is 3.37. The van der Waals surface area contributed by atoms with Crippen molar-refractivity contribution in [1.29, 1.82) is 5.26 Å². The van der Waals surface area contributed by atoms with E-state index in [0.717, 1.165) is 12.5 Å². The fraction of sp³-hybridized carbons (Fsp3) is 0.800. The van der Waals surface area contributed by atoms with Crippen molar-refractivity contribution in [3.05, 3.63) is 0 Å². The molecule has 70 valence electrons. The molecule has 1 saturated heterocycles. The molecule has 0 aromatic rings. The van der Waals surface area contributed by atoms with Crippen molar-refractivity contribution in [2.45, 2.75) is 25.7 Å². The van der Waals surface area contributed by atoms with Gasteiger partial charge in [0.15, 0.2) is 0 Å². The summed E-state index contributed by atoms with van der Waals surface area (Å²) in [7, 11) is 0. The van der Waals surface area contributed by atoms with E-state index in [1.807, 2.05) is 4.90 Å². The molecule has 1 heterocycles. The molecule has 2 aliphatic rings. The molecule has 1 saturated carbocycles. The van der Waals surface area contributed by atoms with Gasteiger partial charge in [-0.05, 0) is 18.8 Å². The van der Waals surface area contributed by atoms with E-state index in [0.29, 0.717) is 13.0 Å². The van der Waals surface area contributed by atoms with Crippen molar-refractivity contribution in [1.82, 2.24) is 4.90 Å². The number of rotatable bonds is 2. The molecular weight excluding hydrogens is 164 g/mol. The molecule has 1 amide bonds. The van der Waals surface area contributed by atoms with Crippen LogP contribution in [0.2, 0.25) is 0 Å². The zero-order chi connectivity index (χ0) is 9.26. The van der Waals surface area contributed by atoms with E-state index in [1.54, 1.807) is 0 Å². The van der Waals surface area contributed by atoms with Crippen LogP contribution in [0.5, 0.6) is 0 Å². The highest BCUT2D eigenvalue weighted by atomic mass is 16.2. The monoisotopic (exact) mass is 178 g/mol. The van der Waals surface area contributed by atoms with E-state index in [9.17, 15) is 4.79 Å². The van der Waals surface area contributed by atoms with Crippen LogP contribution < -0.4 is 0 Å². The summed E-state index contributed by atoms with van der Waals surface area (Å²) in [5, 5.41) is 8.68. The SMILES string of the molecule is N#C[C@@H]1CC(=O)N(CC2CCC2)C1. The number of carbonyl (C=O) groups is 1. The summed E-state index contributed by atoms with van der Waals surface area (Å²) in [4.78, 5) is 13.3. The minimum atomic E-state index is -0.0485. The molecule has 2 rings (SSSR count). The average molecular weight is 178 g/mol. The van der Waals surface area contributed by atoms with Gasteiger partial charge in [-0.3, -0.25) is 4.79 Å². The molecule has 0 radical (unpaired) electrons. The van der Waals surface area contributed by atoms with Crippen molar-refractivity contribution in [3.63, 3.8) is 0 Å². The van der Waals surface area contributed by atoms with Crippen molar-refractivity contribution in [3.8, 4) is 6.07 Å². The number of carbonyl (C=O) groups excluding carboxylic acids is 1. The van der Waals surface area contributed by atoms with Crippen LogP contribution in [0.15, 0.2) is 0 Å². The van der Waals surface area contributed by atoms with Gasteiger partial charge in [0.1, 0.15) is 0 Å². The van der Waals surface area contributed by atoms with Gasteiger partial charge in [-0.2, -0.15) is 5.26 Å². The van der Waals surface area contributed by atoms with Crippen molar-refractivity contribution in [2.75, 3.05) is 13.1 Å². The standard InChI is InChI=1S/C10H14N2O/c11-5-9-4-10(13)12(7-9)6-8-2-1-3-8/h8-9H,1-4,6-7H2/t9-/m0/s1. The molecule has 3 nitrogen and oxygen atoms in total. The third kappa shape index (κ3) is 1.67. The van der Waals surface area contributed by atoms with Crippen LogP contribution in [-0.2, 0) is 4.79 Å². The Bertz CT molecular complexity index is 252. The summed E-state index contributed by atoms with van der Waals surface area (Å²) in [5.41, 5.74) is 0. The molecule has 3 heteroatoms. The number of nitriles is 1. The molecule has 0 N–H and O–H groups in total. The predicted octanol–water partition coefficient (Wildman–Crippen LogP) is 1.16. The molecule has 0 unspecified atom stereocenters. The minimum Gasteiger partial charge on any atom is -0.341 e. The van der Waals surface area contributed by atoms with Crippen molar-refractivity contribution >= 4 is 5.91 Å². The molecule has 0 bridgehead atoms. The first kappa shape index (κ1) is 8.55. The third-order valence-electron chi connectivity index (χ3n) is 3.10. The summed E-state index contributed by atoms with van der Waals surface area (Å²) in [6.07, 6.45) is 4.29. The van der Waals surface area contributed by atoms with Gasteiger partial charge in [0.25, 0.3) is 0 Å². The molecule has 2 fully saturated rings. The first-order valence-corrected chi connectivity index (χ1v) is 4.97. The Kier molecular flexibility index (Phi) is 2.22. The summed E-state index contributed by atoms with van der Waals surface area (Å²) >= 11 is 0. The lowest BCUT2D eigenvalue weighted by Gasteiger charge is -2.29. The Balaban J connectivity index is 1.86. The summed E-state index contributed by atoms with van der Waals surface area (Å²) in [6, 6.07) is 2.17. The van der Waals surface area contributed by atoms with Gasteiger partial charge in [-0.1, -0.05) is 6.42 Å². The second-order valence-electron chi connectivity index (χ2n) is 4.13. The number of likely N-dealkylation sites (tertiary alicyclic amines) is 1. The molecular formula is C10H14N2O. The fourth-order valence-electron chi connectivity index (χ4n) is 2.02. The molecule has 0 aromatic heterocycles. The predicted molar refractivity (Wildman–Crippen MR) is 47.6 cm³/mol. The Labute approximate surface area is 78.3 Å². The highest BCUT2D eigenvalue weighted by Gasteiger charge is 2.32. The highest BCUT2D eigenvalue weighted by molar-refractivity contribution is 5.79. The topological polar surface area (TPSA) is 44.1 Å². The fourth-order valence-corrected chi connectivity index (χ4v) is 2.02. The average Bonchev–Trinajstić information content (AvgIpc) is 2.39. The van der Waals surface area contributed by atoms with Crippen LogP contribution in [0, 0.1) is 23.2 Å².